The molecule has 0 aliphatic rings. The molecular formula is C46H83N3O14. The van der Waals surface area contributed by atoms with Crippen LogP contribution in [0.25, 0.3) is 0 Å². The van der Waals surface area contributed by atoms with Gasteiger partial charge in [-0.15, -0.1) is 0 Å². The molecule has 17 heteroatoms. The molecule has 366 valence electrons. The Morgan fingerprint density at radius 3 is 1.46 bits per heavy atom. The second kappa shape index (κ2) is 43.7. The topological polar surface area (TPSA) is 253 Å². The van der Waals surface area contributed by atoms with Crippen LogP contribution in [0.5, 0.6) is 0 Å². The Morgan fingerprint density at radius 1 is 0.444 bits per heavy atom. The average Bonchev–Trinajstić information content (AvgIpc) is 3.25. The zero-order valence-electron chi connectivity index (χ0n) is 38.4. The van der Waals surface area contributed by atoms with Gasteiger partial charge in [-0.1, -0.05) is 77.6 Å². The summed E-state index contributed by atoms with van der Waals surface area (Å²) in [5, 5.41) is 35.3. The van der Waals surface area contributed by atoms with Crippen molar-refractivity contribution in [1.82, 2.24) is 16.0 Å². The second-order valence-corrected chi connectivity index (χ2v) is 16.1. The van der Waals surface area contributed by atoms with Gasteiger partial charge in [0.15, 0.2) is 0 Å². The van der Waals surface area contributed by atoms with E-state index in [0.717, 1.165) is 51.4 Å². The molecule has 17 nitrogen and oxygen atoms in total. The maximum Gasteiger partial charge on any atom is 0.326 e. The molecule has 0 aliphatic heterocycles. The van der Waals surface area contributed by atoms with Crippen molar-refractivity contribution in [2.75, 3.05) is 72.6 Å². The van der Waals surface area contributed by atoms with Gasteiger partial charge in [0.2, 0.25) is 17.7 Å². The van der Waals surface area contributed by atoms with Gasteiger partial charge in [-0.25, -0.2) is 4.79 Å². The summed E-state index contributed by atoms with van der Waals surface area (Å²) < 4.78 is 21.4. The summed E-state index contributed by atoms with van der Waals surface area (Å²) in [5.74, 6) is -2.96. The van der Waals surface area contributed by atoms with Gasteiger partial charge in [0, 0.05) is 58.4 Å². The van der Waals surface area contributed by atoms with E-state index in [4.69, 9.17) is 29.2 Å². The SMILES string of the molecule is CC[C@@H](CCCCNC(=O)COCCOCCNC(=O)COCCOCCCC(=O)CC[C@H](NC(=O)CCCCCCCCCCCCCCC(=O)CCCCO)C(=O)O)C(=O)O. The van der Waals surface area contributed by atoms with Crippen molar-refractivity contribution in [2.45, 2.75) is 173 Å². The first-order chi connectivity index (χ1) is 30.5. The summed E-state index contributed by atoms with van der Waals surface area (Å²) in [4.78, 5) is 82.9. The number of carbonyl (C=O) groups excluding carboxylic acids is 5. The van der Waals surface area contributed by atoms with E-state index in [-0.39, 0.29) is 115 Å². The molecule has 0 fully saturated rings. The van der Waals surface area contributed by atoms with Crippen LogP contribution < -0.4 is 16.0 Å². The van der Waals surface area contributed by atoms with Crippen molar-refractivity contribution >= 4 is 41.2 Å². The number of Topliss-reactive ketones (excluding diaryl/α,β-unsaturated/α-hetero) is 2. The van der Waals surface area contributed by atoms with E-state index in [0.29, 0.717) is 70.3 Å². The van der Waals surface area contributed by atoms with Gasteiger partial charge >= 0.3 is 11.9 Å². The molecule has 0 rings (SSSR count). The van der Waals surface area contributed by atoms with Crippen molar-refractivity contribution in [2.24, 2.45) is 5.92 Å². The molecule has 0 bridgehead atoms. The Labute approximate surface area is 376 Å². The number of hydrogen-bond donors (Lipinski definition) is 6. The Hall–Kier alpha value is -3.51. The van der Waals surface area contributed by atoms with Crippen molar-refractivity contribution in [3.05, 3.63) is 0 Å². The van der Waals surface area contributed by atoms with Crippen molar-refractivity contribution in [3.63, 3.8) is 0 Å². The van der Waals surface area contributed by atoms with Gasteiger partial charge in [0.05, 0.1) is 39.0 Å². The molecule has 0 aromatic heterocycles. The molecule has 0 saturated carbocycles. The number of amides is 3. The average molecular weight is 902 g/mol. The molecule has 0 aromatic rings. The highest BCUT2D eigenvalue weighted by molar-refractivity contribution is 5.84. The number of aliphatic carboxylic acids is 2. The Balaban J connectivity index is 3.66. The summed E-state index contributed by atoms with van der Waals surface area (Å²) in [6.45, 7) is 3.96. The quantitative estimate of drug-likeness (QED) is 0.0415. The van der Waals surface area contributed by atoms with E-state index in [9.17, 15) is 38.7 Å². The highest BCUT2D eigenvalue weighted by Gasteiger charge is 2.21. The Bertz CT molecular complexity index is 1220. The van der Waals surface area contributed by atoms with Gasteiger partial charge in [0.25, 0.3) is 0 Å². The smallest absolute Gasteiger partial charge is 0.326 e. The zero-order valence-corrected chi connectivity index (χ0v) is 38.4. The Morgan fingerprint density at radius 2 is 0.921 bits per heavy atom. The van der Waals surface area contributed by atoms with E-state index in [2.05, 4.69) is 16.0 Å². The molecule has 0 unspecified atom stereocenters. The first-order valence-electron chi connectivity index (χ1n) is 23.7. The number of aliphatic hydroxyl groups is 1. The molecule has 0 radical (unpaired) electrons. The Kier molecular flexibility index (Phi) is 41.3. The van der Waals surface area contributed by atoms with Gasteiger partial charge in [-0.05, 0) is 57.8 Å². The number of carbonyl (C=O) groups is 7. The second-order valence-electron chi connectivity index (χ2n) is 16.1. The maximum absolute atomic E-state index is 12.4. The monoisotopic (exact) mass is 902 g/mol. The first kappa shape index (κ1) is 59.5. The van der Waals surface area contributed by atoms with Gasteiger partial charge < -0.3 is 50.2 Å². The zero-order chi connectivity index (χ0) is 46.6. The van der Waals surface area contributed by atoms with Gasteiger partial charge in [-0.3, -0.25) is 28.8 Å². The first-order valence-corrected chi connectivity index (χ1v) is 23.7. The van der Waals surface area contributed by atoms with Gasteiger partial charge in [-0.2, -0.15) is 0 Å². The van der Waals surface area contributed by atoms with E-state index < -0.39 is 18.0 Å². The number of carboxylic acid groups (broad SMARTS) is 2. The molecule has 2 atom stereocenters. The largest absolute Gasteiger partial charge is 0.481 e. The molecular weight excluding hydrogens is 819 g/mol. The predicted octanol–water partition coefficient (Wildman–Crippen LogP) is 5.46. The minimum absolute atomic E-state index is 0.0323. The van der Waals surface area contributed by atoms with Gasteiger partial charge in [0.1, 0.15) is 30.8 Å². The third-order valence-electron chi connectivity index (χ3n) is 10.5. The third-order valence-corrected chi connectivity index (χ3v) is 10.5. The molecule has 6 N–H and O–H groups in total. The number of rotatable bonds is 48. The van der Waals surface area contributed by atoms with Crippen LogP contribution in [0.3, 0.4) is 0 Å². The van der Waals surface area contributed by atoms with E-state index in [1.807, 2.05) is 6.92 Å². The third kappa shape index (κ3) is 41.0. The minimum atomic E-state index is -1.16. The fourth-order valence-corrected chi connectivity index (χ4v) is 6.64. The number of nitrogens with one attached hydrogen (secondary N) is 3. The van der Waals surface area contributed by atoms with E-state index in [1.54, 1.807) is 0 Å². The highest BCUT2D eigenvalue weighted by atomic mass is 16.5. The van der Waals surface area contributed by atoms with Crippen LogP contribution in [0.15, 0.2) is 0 Å². The van der Waals surface area contributed by atoms with Crippen LogP contribution in [-0.2, 0) is 52.5 Å². The van der Waals surface area contributed by atoms with Crippen molar-refractivity contribution in [3.8, 4) is 0 Å². The van der Waals surface area contributed by atoms with Crippen LogP contribution in [0.2, 0.25) is 0 Å². The lowest BCUT2D eigenvalue weighted by atomic mass is 9.99. The van der Waals surface area contributed by atoms with Crippen molar-refractivity contribution < 1.29 is 67.8 Å². The van der Waals surface area contributed by atoms with Crippen LogP contribution in [-0.4, -0.2) is 135 Å². The van der Waals surface area contributed by atoms with Crippen molar-refractivity contribution in [1.29, 1.82) is 0 Å². The lowest BCUT2D eigenvalue weighted by Crippen LogP contribution is -2.41. The predicted molar refractivity (Wildman–Crippen MR) is 238 cm³/mol. The number of hydrogen-bond acceptors (Lipinski definition) is 12. The van der Waals surface area contributed by atoms with Crippen LogP contribution in [0, 0.1) is 5.92 Å². The van der Waals surface area contributed by atoms with E-state index in [1.165, 1.54) is 32.1 Å². The molecule has 0 heterocycles. The number of aliphatic hydroxyl groups excluding tert-OH is 1. The normalized spacial score (nSPS) is 12.1. The fraction of sp³-hybridized carbons (Fsp3) is 0.848. The van der Waals surface area contributed by atoms with Crippen LogP contribution in [0.1, 0.15) is 167 Å². The van der Waals surface area contributed by atoms with Crippen LogP contribution in [0.4, 0.5) is 0 Å². The number of carboxylic acids is 2. The maximum atomic E-state index is 12.4. The highest BCUT2D eigenvalue weighted by Crippen LogP contribution is 2.15. The minimum Gasteiger partial charge on any atom is -0.481 e. The van der Waals surface area contributed by atoms with E-state index >= 15 is 0 Å². The summed E-state index contributed by atoms with van der Waals surface area (Å²) in [6.07, 6.45) is 19.3. The number of ketones is 2. The number of unbranched alkanes of at least 4 members (excludes halogenated alkanes) is 13. The molecule has 0 aliphatic carbocycles. The standard InChI is InChI=1S/C46H83N3O14/c1-2-38(45(56)57)20-15-17-27-47-43(54)36-63-35-33-61-31-28-48-44(55)37-62-34-32-60-30-19-23-40(52)25-26-41(46(58)59)49-42(53)24-14-12-10-8-6-4-3-5-7-9-11-13-21-39(51)22-16-18-29-50/h38,41,50H,2-37H2,1H3,(H,47,54)(H,48,55)(H,49,53)(H,56,57)(H,58,59)/t38-,41-/m0/s1. The van der Waals surface area contributed by atoms with Crippen LogP contribution >= 0.6 is 0 Å². The molecule has 0 saturated heterocycles. The lowest BCUT2D eigenvalue weighted by molar-refractivity contribution is -0.142. The molecule has 63 heavy (non-hydrogen) atoms. The molecule has 0 aromatic carbocycles. The summed E-state index contributed by atoms with van der Waals surface area (Å²) in [6, 6.07) is -1.10. The molecule has 3 amide bonds. The lowest BCUT2D eigenvalue weighted by Gasteiger charge is -2.14. The summed E-state index contributed by atoms with van der Waals surface area (Å²) >= 11 is 0. The summed E-state index contributed by atoms with van der Waals surface area (Å²) in [7, 11) is 0. The molecule has 0 spiro atoms. The summed E-state index contributed by atoms with van der Waals surface area (Å²) in [5.41, 5.74) is 0. The number of ether oxygens (including phenoxy) is 4. The fourth-order valence-electron chi connectivity index (χ4n) is 6.64.